The summed E-state index contributed by atoms with van der Waals surface area (Å²) in [5, 5.41) is 0. The molecule has 1 aliphatic rings. The van der Waals surface area contributed by atoms with Crippen LogP contribution in [0.15, 0.2) is 11.6 Å². The number of hydrogen-bond acceptors (Lipinski definition) is 4. The molecule has 98 valence electrons. The number of ether oxygens (including phenoxy) is 1. The van der Waals surface area contributed by atoms with Crippen LogP contribution in [0.5, 0.6) is 0 Å². The molecule has 1 unspecified atom stereocenters. The normalized spacial score (nSPS) is 31.0. The lowest BCUT2D eigenvalue weighted by atomic mass is 9.73. The van der Waals surface area contributed by atoms with Crippen LogP contribution in [0.2, 0.25) is 0 Å². The highest BCUT2D eigenvalue weighted by Gasteiger charge is 2.34. The van der Waals surface area contributed by atoms with Gasteiger partial charge < -0.3 is 16.2 Å². The van der Waals surface area contributed by atoms with E-state index in [4.69, 9.17) is 16.2 Å². The minimum Gasteiger partial charge on any atom is -0.466 e. The van der Waals surface area contributed by atoms with Gasteiger partial charge in [-0.15, -0.1) is 0 Å². The Hall–Kier alpha value is -0.870. The van der Waals surface area contributed by atoms with Crippen LogP contribution in [0.1, 0.15) is 27.2 Å². The zero-order valence-corrected chi connectivity index (χ0v) is 11.1. The van der Waals surface area contributed by atoms with Crippen molar-refractivity contribution in [3.8, 4) is 0 Å². The number of nitrogens with two attached hydrogens (primary N) is 2. The van der Waals surface area contributed by atoms with E-state index < -0.39 is 0 Å². The molecule has 0 bridgehead atoms. The van der Waals surface area contributed by atoms with E-state index in [-0.39, 0.29) is 24.0 Å². The third-order valence-corrected chi connectivity index (χ3v) is 3.89. The number of carbonyl (C=O) groups is 1. The van der Waals surface area contributed by atoms with Crippen LogP contribution in [0.25, 0.3) is 0 Å². The first kappa shape index (κ1) is 14.2. The third kappa shape index (κ3) is 3.07. The molecule has 0 amide bonds. The van der Waals surface area contributed by atoms with E-state index in [0.717, 1.165) is 0 Å². The molecule has 4 N–H and O–H groups in total. The Balaban J connectivity index is 2.96. The second kappa shape index (κ2) is 5.65. The first-order chi connectivity index (χ1) is 7.88. The summed E-state index contributed by atoms with van der Waals surface area (Å²) in [6, 6.07) is -0.249. The summed E-state index contributed by atoms with van der Waals surface area (Å²) in [5.74, 6) is 0.767. The average molecular weight is 240 g/mol. The Morgan fingerprint density at radius 2 is 2.00 bits per heavy atom. The van der Waals surface area contributed by atoms with Gasteiger partial charge in [0.2, 0.25) is 0 Å². The van der Waals surface area contributed by atoms with Gasteiger partial charge in [0, 0.05) is 17.7 Å². The van der Waals surface area contributed by atoms with Gasteiger partial charge in [0.25, 0.3) is 0 Å². The van der Waals surface area contributed by atoms with Crippen LogP contribution in [-0.2, 0) is 9.53 Å². The number of esters is 1. The van der Waals surface area contributed by atoms with Gasteiger partial charge in [0.15, 0.2) is 0 Å². The van der Waals surface area contributed by atoms with Crippen LogP contribution < -0.4 is 11.5 Å². The number of methoxy groups -OCH3 is 1. The van der Waals surface area contributed by atoms with Crippen molar-refractivity contribution in [1.29, 1.82) is 0 Å². The molecule has 1 rings (SSSR count). The summed E-state index contributed by atoms with van der Waals surface area (Å²) < 4.78 is 4.76. The minimum atomic E-state index is -0.284. The summed E-state index contributed by atoms with van der Waals surface area (Å²) in [6.45, 7) is 6.46. The minimum absolute atomic E-state index is 0.0826. The molecule has 0 spiro atoms. The largest absolute Gasteiger partial charge is 0.466 e. The van der Waals surface area contributed by atoms with Crippen molar-refractivity contribution in [1.82, 2.24) is 0 Å². The van der Waals surface area contributed by atoms with E-state index in [1.165, 1.54) is 7.11 Å². The molecule has 0 saturated heterocycles. The maximum Gasteiger partial charge on any atom is 0.333 e. The van der Waals surface area contributed by atoms with Crippen LogP contribution in [0.4, 0.5) is 0 Å². The molecule has 0 fully saturated rings. The molecule has 0 aromatic carbocycles. The van der Waals surface area contributed by atoms with E-state index in [1.54, 1.807) is 0 Å². The van der Waals surface area contributed by atoms with E-state index in [0.29, 0.717) is 23.8 Å². The van der Waals surface area contributed by atoms with E-state index >= 15 is 0 Å². The van der Waals surface area contributed by atoms with Gasteiger partial charge in [0.1, 0.15) is 0 Å². The van der Waals surface area contributed by atoms with Gasteiger partial charge in [-0.05, 0) is 24.2 Å². The summed E-state index contributed by atoms with van der Waals surface area (Å²) in [6.07, 6.45) is 2.47. The Bertz CT molecular complexity index is 313. The molecule has 0 heterocycles. The van der Waals surface area contributed by atoms with Crippen molar-refractivity contribution >= 4 is 5.97 Å². The predicted octanol–water partition coefficient (Wildman–Crippen LogP) is 1.05. The first-order valence-corrected chi connectivity index (χ1v) is 6.18. The lowest BCUT2D eigenvalue weighted by Gasteiger charge is -2.37. The van der Waals surface area contributed by atoms with Crippen LogP contribution in [0, 0.1) is 17.8 Å². The van der Waals surface area contributed by atoms with Gasteiger partial charge in [0.05, 0.1) is 7.11 Å². The smallest absolute Gasteiger partial charge is 0.333 e. The maximum absolute atomic E-state index is 11.6. The predicted molar refractivity (Wildman–Crippen MR) is 68.2 cm³/mol. The third-order valence-electron chi connectivity index (χ3n) is 3.89. The van der Waals surface area contributed by atoms with Crippen molar-refractivity contribution in [2.45, 2.75) is 39.3 Å². The zero-order valence-electron chi connectivity index (χ0n) is 11.1. The Morgan fingerprint density at radius 3 is 2.47 bits per heavy atom. The van der Waals surface area contributed by atoms with E-state index in [1.807, 2.05) is 6.08 Å². The van der Waals surface area contributed by atoms with Gasteiger partial charge >= 0.3 is 5.97 Å². The van der Waals surface area contributed by atoms with Crippen molar-refractivity contribution in [2.75, 3.05) is 7.11 Å². The van der Waals surface area contributed by atoms with Crippen LogP contribution in [-0.4, -0.2) is 25.2 Å². The highest BCUT2D eigenvalue weighted by atomic mass is 16.5. The fourth-order valence-corrected chi connectivity index (χ4v) is 2.32. The van der Waals surface area contributed by atoms with Gasteiger partial charge in [-0.25, -0.2) is 4.79 Å². The van der Waals surface area contributed by atoms with Crippen molar-refractivity contribution in [3.05, 3.63) is 11.6 Å². The summed E-state index contributed by atoms with van der Waals surface area (Å²) in [5.41, 5.74) is 12.8. The lowest BCUT2D eigenvalue weighted by Crippen LogP contribution is -2.51. The number of carbonyl (C=O) groups excluding carboxylic acids is 1. The second-order valence-electron chi connectivity index (χ2n) is 5.31. The molecule has 1 aliphatic carbocycles. The molecular weight excluding hydrogens is 216 g/mol. The maximum atomic E-state index is 11.6. The topological polar surface area (TPSA) is 78.3 Å². The van der Waals surface area contributed by atoms with Crippen molar-refractivity contribution in [2.24, 2.45) is 29.2 Å². The van der Waals surface area contributed by atoms with Gasteiger partial charge in [-0.3, -0.25) is 0 Å². The Labute approximate surface area is 103 Å². The summed E-state index contributed by atoms with van der Waals surface area (Å²) in [7, 11) is 1.39. The molecule has 4 atom stereocenters. The van der Waals surface area contributed by atoms with Crippen molar-refractivity contribution < 1.29 is 9.53 Å². The summed E-state index contributed by atoms with van der Waals surface area (Å²) >= 11 is 0. The van der Waals surface area contributed by atoms with E-state index in [9.17, 15) is 4.79 Å². The fourth-order valence-electron chi connectivity index (χ4n) is 2.32. The standard InChI is InChI=1S/C13H24N2O2/c1-7(2)8(3)10-5-9(13(16)17-4)6-11(14)12(10)15/h5,7-8,10-12H,6,14-15H2,1-4H3/t8?,10-,11-,12-/m0/s1. The monoisotopic (exact) mass is 240 g/mol. The fraction of sp³-hybridized carbons (Fsp3) is 0.769. The highest BCUT2D eigenvalue weighted by Crippen LogP contribution is 2.31. The molecule has 0 aliphatic heterocycles. The molecule has 0 aromatic rings. The van der Waals surface area contributed by atoms with Gasteiger partial charge in [-0.1, -0.05) is 26.8 Å². The molecule has 0 aromatic heterocycles. The molecule has 4 heteroatoms. The zero-order chi connectivity index (χ0) is 13.2. The van der Waals surface area contributed by atoms with Gasteiger partial charge in [-0.2, -0.15) is 0 Å². The SMILES string of the molecule is COC(=O)C1=C[C@@H](C(C)C(C)C)[C@H](N)[C@@H](N)C1. The average Bonchev–Trinajstić information content (AvgIpc) is 2.30. The molecule has 0 saturated carbocycles. The van der Waals surface area contributed by atoms with Crippen LogP contribution in [0.3, 0.4) is 0 Å². The number of hydrogen-bond donors (Lipinski definition) is 2. The summed E-state index contributed by atoms with van der Waals surface area (Å²) in [4.78, 5) is 11.6. The Morgan fingerprint density at radius 1 is 1.41 bits per heavy atom. The lowest BCUT2D eigenvalue weighted by molar-refractivity contribution is -0.136. The van der Waals surface area contributed by atoms with Crippen LogP contribution >= 0.6 is 0 Å². The molecule has 0 radical (unpaired) electrons. The molecular formula is C13H24N2O2. The van der Waals surface area contributed by atoms with Crippen molar-refractivity contribution in [3.63, 3.8) is 0 Å². The number of rotatable bonds is 3. The Kier molecular flexibility index (Phi) is 4.71. The first-order valence-electron chi connectivity index (χ1n) is 6.18. The quantitative estimate of drug-likeness (QED) is 0.723. The second-order valence-corrected chi connectivity index (χ2v) is 5.31. The van der Waals surface area contributed by atoms with E-state index in [2.05, 4.69) is 20.8 Å². The molecule has 4 nitrogen and oxygen atoms in total. The highest BCUT2D eigenvalue weighted by molar-refractivity contribution is 5.88. The molecule has 17 heavy (non-hydrogen) atoms.